The van der Waals surface area contributed by atoms with Crippen LogP contribution in [0.25, 0.3) is 0 Å². The monoisotopic (exact) mass is 326 g/mol. The number of benzene rings is 1. The van der Waals surface area contributed by atoms with Gasteiger partial charge in [-0.2, -0.15) is 0 Å². The molecule has 1 aliphatic rings. The van der Waals surface area contributed by atoms with Gasteiger partial charge in [0.2, 0.25) is 5.90 Å². The average Bonchev–Trinajstić information content (AvgIpc) is 2.46. The van der Waals surface area contributed by atoms with Gasteiger partial charge in [0, 0.05) is 10.4 Å². The summed E-state index contributed by atoms with van der Waals surface area (Å²) < 4.78 is 6.92. The lowest BCUT2D eigenvalue weighted by Gasteiger charge is -2.23. The Kier molecular flexibility index (Phi) is 5.66. The SMILES string of the molecule is CCO/N=C(/Oc1ccc(Br)cc1)C1CCNCC1. The van der Waals surface area contributed by atoms with Crippen LogP contribution in [0.2, 0.25) is 0 Å². The smallest absolute Gasteiger partial charge is 0.234 e. The molecule has 0 aromatic heterocycles. The lowest BCUT2D eigenvalue weighted by Crippen LogP contribution is -2.34. The first kappa shape index (κ1) is 14.3. The van der Waals surface area contributed by atoms with Crippen LogP contribution in [0.4, 0.5) is 0 Å². The summed E-state index contributed by atoms with van der Waals surface area (Å²) in [6.07, 6.45) is 2.06. The Morgan fingerprint density at radius 3 is 2.63 bits per heavy atom. The van der Waals surface area contributed by atoms with E-state index >= 15 is 0 Å². The molecule has 0 amide bonds. The molecule has 104 valence electrons. The highest BCUT2D eigenvalue weighted by Crippen LogP contribution is 2.21. The Morgan fingerprint density at radius 2 is 2.00 bits per heavy atom. The molecule has 2 rings (SSSR count). The number of halogens is 1. The summed E-state index contributed by atoms with van der Waals surface area (Å²) in [5.74, 6) is 1.81. The Bertz CT molecular complexity index is 414. The molecule has 0 unspecified atom stereocenters. The summed E-state index contributed by atoms with van der Waals surface area (Å²) in [5.41, 5.74) is 0. The van der Waals surface area contributed by atoms with Crippen molar-refractivity contribution in [2.75, 3.05) is 19.7 Å². The number of nitrogens with zero attached hydrogens (tertiary/aromatic N) is 1. The van der Waals surface area contributed by atoms with E-state index in [4.69, 9.17) is 9.57 Å². The summed E-state index contributed by atoms with van der Waals surface area (Å²) in [6, 6.07) is 7.76. The second kappa shape index (κ2) is 7.50. The minimum Gasteiger partial charge on any atom is -0.439 e. The van der Waals surface area contributed by atoms with Gasteiger partial charge in [-0.15, -0.1) is 0 Å². The van der Waals surface area contributed by atoms with Gasteiger partial charge < -0.3 is 14.9 Å². The molecule has 1 saturated heterocycles. The zero-order valence-corrected chi connectivity index (χ0v) is 12.6. The van der Waals surface area contributed by atoms with Crippen molar-refractivity contribution in [1.29, 1.82) is 0 Å². The maximum atomic E-state index is 5.89. The van der Waals surface area contributed by atoms with Gasteiger partial charge in [-0.1, -0.05) is 21.1 Å². The van der Waals surface area contributed by atoms with E-state index in [0.717, 1.165) is 36.2 Å². The zero-order valence-electron chi connectivity index (χ0n) is 11.1. The van der Waals surface area contributed by atoms with E-state index in [9.17, 15) is 0 Å². The standard InChI is InChI=1S/C14H19BrN2O2/c1-2-18-17-14(11-7-9-16-10-8-11)19-13-5-3-12(15)4-6-13/h3-6,11,16H,2,7-10H2,1H3/b17-14+. The second-order valence-electron chi connectivity index (χ2n) is 4.43. The van der Waals surface area contributed by atoms with Crippen LogP contribution in [0.1, 0.15) is 19.8 Å². The molecule has 0 saturated carbocycles. The molecule has 5 heteroatoms. The van der Waals surface area contributed by atoms with Gasteiger partial charge in [-0.25, -0.2) is 0 Å². The van der Waals surface area contributed by atoms with Crippen LogP contribution in [-0.4, -0.2) is 25.6 Å². The molecule has 1 fully saturated rings. The molecule has 1 aliphatic heterocycles. The molecule has 1 N–H and O–H groups in total. The fraction of sp³-hybridized carbons (Fsp3) is 0.500. The minimum absolute atomic E-state index is 0.330. The Morgan fingerprint density at radius 1 is 1.32 bits per heavy atom. The molecule has 0 aliphatic carbocycles. The zero-order chi connectivity index (χ0) is 13.5. The van der Waals surface area contributed by atoms with E-state index in [1.54, 1.807) is 0 Å². The van der Waals surface area contributed by atoms with Gasteiger partial charge in [0.05, 0.1) is 0 Å². The third-order valence-corrected chi connectivity index (χ3v) is 3.54. The van der Waals surface area contributed by atoms with Crippen LogP contribution in [0.3, 0.4) is 0 Å². The summed E-state index contributed by atoms with van der Waals surface area (Å²) in [4.78, 5) is 5.18. The van der Waals surface area contributed by atoms with Gasteiger partial charge in [0.1, 0.15) is 12.4 Å². The number of hydrogen-bond donors (Lipinski definition) is 1. The molecule has 1 heterocycles. The lowest BCUT2D eigenvalue weighted by molar-refractivity contribution is 0.148. The molecular formula is C14H19BrN2O2. The summed E-state index contributed by atoms with van der Waals surface area (Å²) >= 11 is 3.41. The molecule has 19 heavy (non-hydrogen) atoms. The number of hydrogen-bond acceptors (Lipinski definition) is 4. The molecular weight excluding hydrogens is 308 g/mol. The largest absolute Gasteiger partial charge is 0.439 e. The highest BCUT2D eigenvalue weighted by Gasteiger charge is 2.22. The van der Waals surface area contributed by atoms with Crippen LogP contribution in [0.5, 0.6) is 5.75 Å². The topological polar surface area (TPSA) is 42.9 Å². The van der Waals surface area contributed by atoms with Crippen LogP contribution in [-0.2, 0) is 4.84 Å². The van der Waals surface area contributed by atoms with Gasteiger partial charge in [-0.05, 0) is 57.1 Å². The van der Waals surface area contributed by atoms with Crippen molar-refractivity contribution in [1.82, 2.24) is 5.32 Å². The molecule has 0 radical (unpaired) electrons. The lowest BCUT2D eigenvalue weighted by atomic mass is 9.98. The van der Waals surface area contributed by atoms with Gasteiger partial charge in [0.25, 0.3) is 0 Å². The van der Waals surface area contributed by atoms with E-state index in [1.807, 2.05) is 31.2 Å². The van der Waals surface area contributed by atoms with Crippen molar-refractivity contribution in [3.05, 3.63) is 28.7 Å². The Labute approximate surface area is 122 Å². The predicted molar refractivity (Wildman–Crippen MR) is 79.4 cm³/mol. The van der Waals surface area contributed by atoms with E-state index < -0.39 is 0 Å². The Balaban J connectivity index is 2.06. The summed E-state index contributed by atoms with van der Waals surface area (Å²) in [7, 11) is 0. The first-order chi connectivity index (χ1) is 9.29. The van der Waals surface area contributed by atoms with Crippen LogP contribution < -0.4 is 10.1 Å². The van der Waals surface area contributed by atoms with Gasteiger partial charge in [-0.3, -0.25) is 0 Å². The van der Waals surface area contributed by atoms with Gasteiger partial charge >= 0.3 is 0 Å². The van der Waals surface area contributed by atoms with E-state index in [2.05, 4.69) is 26.4 Å². The van der Waals surface area contributed by atoms with E-state index in [1.165, 1.54) is 0 Å². The van der Waals surface area contributed by atoms with Crippen LogP contribution in [0, 0.1) is 5.92 Å². The van der Waals surface area contributed by atoms with Crippen LogP contribution in [0.15, 0.2) is 33.9 Å². The summed E-state index contributed by atoms with van der Waals surface area (Å²) in [6.45, 7) is 4.47. The summed E-state index contributed by atoms with van der Waals surface area (Å²) in [5, 5.41) is 7.48. The quantitative estimate of drug-likeness (QED) is 0.525. The Hall–Kier alpha value is -1.07. The van der Waals surface area contributed by atoms with Crippen molar-refractivity contribution in [3.8, 4) is 5.75 Å². The van der Waals surface area contributed by atoms with Crippen molar-refractivity contribution in [3.63, 3.8) is 0 Å². The second-order valence-corrected chi connectivity index (χ2v) is 5.34. The van der Waals surface area contributed by atoms with Crippen molar-refractivity contribution in [2.45, 2.75) is 19.8 Å². The third-order valence-electron chi connectivity index (χ3n) is 3.01. The molecule has 0 bridgehead atoms. The molecule has 1 aromatic carbocycles. The molecule has 1 aromatic rings. The fourth-order valence-electron chi connectivity index (χ4n) is 2.00. The minimum atomic E-state index is 0.330. The third kappa shape index (κ3) is 4.51. The van der Waals surface area contributed by atoms with E-state index in [0.29, 0.717) is 18.4 Å². The maximum absolute atomic E-state index is 5.89. The molecule has 0 atom stereocenters. The first-order valence-electron chi connectivity index (χ1n) is 6.63. The number of rotatable bonds is 4. The number of piperidine rings is 1. The highest BCUT2D eigenvalue weighted by molar-refractivity contribution is 9.10. The molecule has 0 spiro atoms. The van der Waals surface area contributed by atoms with Crippen molar-refractivity contribution >= 4 is 21.8 Å². The van der Waals surface area contributed by atoms with Crippen LogP contribution >= 0.6 is 15.9 Å². The fourth-order valence-corrected chi connectivity index (χ4v) is 2.26. The number of nitrogens with one attached hydrogen (secondary N) is 1. The predicted octanol–water partition coefficient (Wildman–Crippen LogP) is 3.18. The van der Waals surface area contributed by atoms with Crippen molar-refractivity contribution in [2.24, 2.45) is 11.1 Å². The van der Waals surface area contributed by atoms with E-state index in [-0.39, 0.29) is 0 Å². The maximum Gasteiger partial charge on any atom is 0.234 e. The molecule has 4 nitrogen and oxygen atoms in total. The first-order valence-corrected chi connectivity index (χ1v) is 7.43. The number of oxime groups is 1. The normalized spacial score (nSPS) is 17.3. The highest BCUT2D eigenvalue weighted by atomic mass is 79.9. The van der Waals surface area contributed by atoms with Gasteiger partial charge in [0.15, 0.2) is 0 Å². The number of ether oxygens (including phenoxy) is 1. The average molecular weight is 327 g/mol. The van der Waals surface area contributed by atoms with Crippen molar-refractivity contribution < 1.29 is 9.57 Å².